The van der Waals surface area contributed by atoms with Gasteiger partial charge in [-0.25, -0.2) is 0 Å². The van der Waals surface area contributed by atoms with Crippen molar-refractivity contribution in [1.29, 1.82) is 0 Å². The molecule has 4 nitrogen and oxygen atoms in total. The maximum Gasteiger partial charge on any atom is 0.320 e. The fourth-order valence-electron chi connectivity index (χ4n) is 1.53. The summed E-state index contributed by atoms with van der Waals surface area (Å²) in [6, 6.07) is 0. The molecule has 0 bridgehead atoms. The molecule has 0 heterocycles. The number of rotatable bonds is 8. The Morgan fingerprint density at radius 3 is 2.05 bits per heavy atom. The SMILES string of the molecule is CCCCOC(=O)C(CCCC)C(=O)OC(C)(C)C. The van der Waals surface area contributed by atoms with Crippen molar-refractivity contribution in [2.45, 2.75) is 72.3 Å². The zero-order valence-electron chi connectivity index (χ0n) is 13.0. The smallest absolute Gasteiger partial charge is 0.320 e. The molecule has 0 fully saturated rings. The lowest BCUT2D eigenvalue weighted by atomic mass is 10.0. The highest BCUT2D eigenvalue weighted by Gasteiger charge is 2.31. The average Bonchev–Trinajstić information content (AvgIpc) is 2.27. The van der Waals surface area contributed by atoms with Gasteiger partial charge in [-0.15, -0.1) is 0 Å². The van der Waals surface area contributed by atoms with Gasteiger partial charge in [0.05, 0.1) is 6.61 Å². The molecule has 0 rings (SSSR count). The van der Waals surface area contributed by atoms with Crippen molar-refractivity contribution < 1.29 is 19.1 Å². The summed E-state index contributed by atoms with van der Waals surface area (Å²) in [5.74, 6) is -1.70. The predicted octanol–water partition coefficient (Wildman–Crippen LogP) is 3.48. The van der Waals surface area contributed by atoms with Crippen LogP contribution in [-0.4, -0.2) is 24.1 Å². The number of esters is 2. The number of ether oxygens (including phenoxy) is 2. The molecule has 0 aromatic rings. The third kappa shape index (κ3) is 8.62. The lowest BCUT2D eigenvalue weighted by Gasteiger charge is -2.23. The molecule has 0 aromatic carbocycles. The molecule has 0 aliphatic rings. The second kappa shape index (κ2) is 8.94. The zero-order valence-corrected chi connectivity index (χ0v) is 13.0. The Morgan fingerprint density at radius 1 is 1.00 bits per heavy atom. The summed E-state index contributed by atoms with van der Waals surface area (Å²) < 4.78 is 10.4. The molecule has 0 amide bonds. The topological polar surface area (TPSA) is 52.6 Å². The van der Waals surface area contributed by atoms with Gasteiger partial charge in [-0.2, -0.15) is 0 Å². The van der Waals surface area contributed by atoms with E-state index in [1.807, 2.05) is 13.8 Å². The number of carbonyl (C=O) groups excluding carboxylic acids is 2. The predicted molar refractivity (Wildman–Crippen MR) is 74.7 cm³/mol. The summed E-state index contributed by atoms with van der Waals surface area (Å²) in [5.41, 5.74) is -0.578. The first kappa shape index (κ1) is 17.9. The van der Waals surface area contributed by atoms with Gasteiger partial charge < -0.3 is 9.47 Å². The number of carbonyl (C=O) groups is 2. The second-order valence-corrected chi connectivity index (χ2v) is 5.75. The van der Waals surface area contributed by atoms with Crippen LogP contribution in [0.25, 0.3) is 0 Å². The van der Waals surface area contributed by atoms with E-state index in [1.165, 1.54) is 0 Å². The van der Waals surface area contributed by atoms with E-state index in [0.717, 1.165) is 25.7 Å². The number of hydrogen-bond donors (Lipinski definition) is 0. The van der Waals surface area contributed by atoms with Crippen LogP contribution in [0.15, 0.2) is 0 Å². The Labute approximate surface area is 116 Å². The first-order chi connectivity index (χ1) is 8.81. The van der Waals surface area contributed by atoms with Gasteiger partial charge in [0.2, 0.25) is 0 Å². The van der Waals surface area contributed by atoms with Gasteiger partial charge in [-0.1, -0.05) is 33.1 Å². The van der Waals surface area contributed by atoms with Crippen LogP contribution in [0.5, 0.6) is 0 Å². The molecular formula is C15H28O4. The standard InChI is InChI=1S/C15H28O4/c1-6-8-10-12(13(16)18-11-9-7-2)14(17)19-15(3,4)5/h12H,6-11H2,1-5H3. The van der Waals surface area contributed by atoms with E-state index in [1.54, 1.807) is 20.8 Å². The molecule has 19 heavy (non-hydrogen) atoms. The zero-order chi connectivity index (χ0) is 14.9. The van der Waals surface area contributed by atoms with Crippen LogP contribution >= 0.6 is 0 Å². The summed E-state index contributed by atoms with van der Waals surface area (Å²) in [6.45, 7) is 9.81. The van der Waals surface area contributed by atoms with E-state index in [2.05, 4.69) is 0 Å². The minimum absolute atomic E-state index is 0.376. The van der Waals surface area contributed by atoms with E-state index in [-0.39, 0.29) is 0 Å². The Kier molecular flexibility index (Phi) is 8.44. The number of unbranched alkanes of at least 4 members (excludes halogenated alkanes) is 2. The van der Waals surface area contributed by atoms with Gasteiger partial charge in [0.15, 0.2) is 5.92 Å². The normalized spacial score (nSPS) is 12.9. The average molecular weight is 272 g/mol. The van der Waals surface area contributed by atoms with Crippen molar-refractivity contribution in [1.82, 2.24) is 0 Å². The van der Waals surface area contributed by atoms with E-state index in [0.29, 0.717) is 13.0 Å². The van der Waals surface area contributed by atoms with Crippen molar-refractivity contribution in [2.24, 2.45) is 5.92 Å². The van der Waals surface area contributed by atoms with Gasteiger partial charge >= 0.3 is 11.9 Å². The van der Waals surface area contributed by atoms with Crippen molar-refractivity contribution >= 4 is 11.9 Å². The van der Waals surface area contributed by atoms with Crippen molar-refractivity contribution in [3.05, 3.63) is 0 Å². The first-order valence-electron chi connectivity index (χ1n) is 7.21. The summed E-state index contributed by atoms with van der Waals surface area (Å²) in [7, 11) is 0. The number of hydrogen-bond acceptors (Lipinski definition) is 4. The minimum Gasteiger partial charge on any atom is -0.465 e. The van der Waals surface area contributed by atoms with Crippen LogP contribution in [0.2, 0.25) is 0 Å². The van der Waals surface area contributed by atoms with Crippen LogP contribution < -0.4 is 0 Å². The fraction of sp³-hybridized carbons (Fsp3) is 0.867. The molecule has 4 heteroatoms. The van der Waals surface area contributed by atoms with Gasteiger partial charge in [0.25, 0.3) is 0 Å². The quantitative estimate of drug-likeness (QED) is 0.385. The third-order valence-corrected chi connectivity index (χ3v) is 2.56. The van der Waals surface area contributed by atoms with Crippen molar-refractivity contribution in [2.75, 3.05) is 6.61 Å². The summed E-state index contributed by atoms with van der Waals surface area (Å²) >= 11 is 0. The van der Waals surface area contributed by atoms with Crippen LogP contribution in [0, 0.1) is 5.92 Å². The molecule has 0 aliphatic heterocycles. The highest BCUT2D eigenvalue weighted by Crippen LogP contribution is 2.17. The second-order valence-electron chi connectivity index (χ2n) is 5.75. The molecule has 0 N–H and O–H groups in total. The Morgan fingerprint density at radius 2 is 1.58 bits per heavy atom. The first-order valence-corrected chi connectivity index (χ1v) is 7.21. The lowest BCUT2D eigenvalue weighted by molar-refractivity contribution is -0.169. The molecule has 1 unspecified atom stereocenters. The summed E-state index contributed by atoms with van der Waals surface area (Å²) in [6.07, 6.45) is 4.02. The van der Waals surface area contributed by atoms with Crippen molar-refractivity contribution in [3.63, 3.8) is 0 Å². The van der Waals surface area contributed by atoms with E-state index in [4.69, 9.17) is 9.47 Å². The molecule has 0 aliphatic carbocycles. The maximum atomic E-state index is 12.0. The molecule has 0 radical (unpaired) electrons. The van der Waals surface area contributed by atoms with Gasteiger partial charge in [-0.3, -0.25) is 9.59 Å². The van der Waals surface area contributed by atoms with Gasteiger partial charge in [0, 0.05) is 0 Å². The highest BCUT2D eigenvalue weighted by molar-refractivity contribution is 5.95. The fourth-order valence-corrected chi connectivity index (χ4v) is 1.53. The third-order valence-electron chi connectivity index (χ3n) is 2.56. The van der Waals surface area contributed by atoms with E-state index >= 15 is 0 Å². The summed E-state index contributed by atoms with van der Waals surface area (Å²) in [4.78, 5) is 23.9. The Hall–Kier alpha value is -1.06. The van der Waals surface area contributed by atoms with E-state index in [9.17, 15) is 9.59 Å². The monoisotopic (exact) mass is 272 g/mol. The molecule has 0 saturated heterocycles. The largest absolute Gasteiger partial charge is 0.465 e. The maximum absolute atomic E-state index is 12.0. The van der Waals surface area contributed by atoms with Crippen LogP contribution in [0.3, 0.4) is 0 Å². The molecule has 0 spiro atoms. The highest BCUT2D eigenvalue weighted by atomic mass is 16.6. The van der Waals surface area contributed by atoms with Gasteiger partial charge in [-0.05, 0) is 33.6 Å². The van der Waals surface area contributed by atoms with Gasteiger partial charge in [0.1, 0.15) is 5.60 Å². The Bertz CT molecular complexity index is 278. The molecule has 0 saturated carbocycles. The Balaban J connectivity index is 4.51. The van der Waals surface area contributed by atoms with Crippen LogP contribution in [0.1, 0.15) is 66.7 Å². The van der Waals surface area contributed by atoms with Crippen LogP contribution in [-0.2, 0) is 19.1 Å². The molecule has 1 atom stereocenters. The van der Waals surface area contributed by atoms with E-state index < -0.39 is 23.5 Å². The van der Waals surface area contributed by atoms with Crippen LogP contribution in [0.4, 0.5) is 0 Å². The summed E-state index contributed by atoms with van der Waals surface area (Å²) in [5, 5.41) is 0. The van der Waals surface area contributed by atoms with Crippen molar-refractivity contribution in [3.8, 4) is 0 Å². The molecule has 112 valence electrons. The molecular weight excluding hydrogens is 244 g/mol. The molecule has 0 aromatic heterocycles. The lowest BCUT2D eigenvalue weighted by Crippen LogP contribution is -2.34. The minimum atomic E-state index is -0.781.